The van der Waals surface area contributed by atoms with Gasteiger partial charge in [-0.05, 0) is 56.2 Å². The van der Waals surface area contributed by atoms with Gasteiger partial charge in [0.1, 0.15) is 17.4 Å². The Balaban J connectivity index is 1.99. The van der Waals surface area contributed by atoms with Crippen LogP contribution in [0.15, 0.2) is 48.5 Å². The third-order valence-electron chi connectivity index (χ3n) is 4.51. The third-order valence-corrected chi connectivity index (χ3v) is 4.51. The van der Waals surface area contributed by atoms with Gasteiger partial charge in [-0.15, -0.1) is 13.2 Å². The maximum absolute atomic E-state index is 13.6. The first-order valence-electron chi connectivity index (χ1n) is 9.68. The van der Waals surface area contributed by atoms with Gasteiger partial charge in [0.05, 0.1) is 5.69 Å². The van der Waals surface area contributed by atoms with E-state index in [2.05, 4.69) is 25.3 Å². The lowest BCUT2D eigenvalue weighted by Gasteiger charge is -2.15. The van der Waals surface area contributed by atoms with Gasteiger partial charge in [-0.1, -0.05) is 19.1 Å². The second-order valence-corrected chi connectivity index (χ2v) is 7.08. The van der Waals surface area contributed by atoms with Crippen LogP contribution in [0.4, 0.5) is 35.0 Å². The Hall–Kier alpha value is -3.36. The molecule has 164 valence electrons. The standard InChI is InChI=1S/C22H22F4N4O/c1-4-14(3)27-21-29-19(15-6-5-7-17(11-15)31-22(24,25)26)12-20(30-21)28-16-8-9-18(23)13(2)10-16/h5-12,14H,4H2,1-3H3,(H2,27,28,29,30)/t14-/m1/s1. The second-order valence-electron chi connectivity index (χ2n) is 7.08. The van der Waals surface area contributed by atoms with E-state index >= 15 is 0 Å². The van der Waals surface area contributed by atoms with Crippen LogP contribution in [0.2, 0.25) is 0 Å². The highest BCUT2D eigenvalue weighted by Crippen LogP contribution is 2.29. The molecular weight excluding hydrogens is 412 g/mol. The van der Waals surface area contributed by atoms with Crippen LogP contribution in [0.5, 0.6) is 5.75 Å². The van der Waals surface area contributed by atoms with Crippen LogP contribution >= 0.6 is 0 Å². The van der Waals surface area contributed by atoms with E-state index < -0.39 is 6.36 Å². The number of alkyl halides is 3. The molecule has 0 aliphatic heterocycles. The van der Waals surface area contributed by atoms with E-state index in [1.165, 1.54) is 24.3 Å². The number of hydrogen-bond acceptors (Lipinski definition) is 5. The average Bonchev–Trinajstić information content (AvgIpc) is 2.69. The van der Waals surface area contributed by atoms with E-state index in [4.69, 9.17) is 0 Å². The zero-order chi connectivity index (χ0) is 22.6. The number of benzene rings is 2. The van der Waals surface area contributed by atoms with Crippen molar-refractivity contribution in [2.45, 2.75) is 39.6 Å². The number of halogens is 4. The molecule has 1 heterocycles. The van der Waals surface area contributed by atoms with Crippen molar-refractivity contribution in [3.8, 4) is 17.0 Å². The first kappa shape index (κ1) is 22.3. The minimum atomic E-state index is -4.79. The fourth-order valence-electron chi connectivity index (χ4n) is 2.77. The van der Waals surface area contributed by atoms with Crippen molar-refractivity contribution < 1.29 is 22.3 Å². The van der Waals surface area contributed by atoms with Gasteiger partial charge in [0.2, 0.25) is 5.95 Å². The molecule has 0 amide bonds. The smallest absolute Gasteiger partial charge is 0.406 e. The predicted octanol–water partition coefficient (Wildman–Crippen LogP) is 6.44. The van der Waals surface area contributed by atoms with E-state index in [1.54, 1.807) is 31.2 Å². The lowest BCUT2D eigenvalue weighted by Crippen LogP contribution is -2.17. The summed E-state index contributed by atoms with van der Waals surface area (Å²) in [6.45, 7) is 5.61. The highest BCUT2D eigenvalue weighted by atomic mass is 19.4. The van der Waals surface area contributed by atoms with Crippen molar-refractivity contribution in [2.24, 2.45) is 0 Å². The van der Waals surface area contributed by atoms with Crippen LogP contribution in [0, 0.1) is 12.7 Å². The minimum absolute atomic E-state index is 0.0797. The van der Waals surface area contributed by atoms with Crippen LogP contribution in [0.25, 0.3) is 11.3 Å². The lowest BCUT2D eigenvalue weighted by molar-refractivity contribution is -0.274. The fourth-order valence-corrected chi connectivity index (χ4v) is 2.77. The summed E-state index contributed by atoms with van der Waals surface area (Å²) in [5.41, 5.74) is 1.91. The van der Waals surface area contributed by atoms with Crippen molar-refractivity contribution >= 4 is 17.5 Å². The summed E-state index contributed by atoms with van der Waals surface area (Å²) in [6.07, 6.45) is -3.97. The monoisotopic (exact) mass is 434 g/mol. The molecule has 3 rings (SSSR count). The third kappa shape index (κ3) is 6.31. The number of aromatic nitrogens is 2. The van der Waals surface area contributed by atoms with E-state index in [9.17, 15) is 17.6 Å². The fraction of sp³-hybridized carbons (Fsp3) is 0.273. The number of aryl methyl sites for hydroxylation is 1. The van der Waals surface area contributed by atoms with E-state index in [0.717, 1.165) is 6.42 Å². The van der Waals surface area contributed by atoms with Crippen molar-refractivity contribution in [3.63, 3.8) is 0 Å². The summed E-state index contributed by atoms with van der Waals surface area (Å²) in [5.74, 6) is 0.0533. The summed E-state index contributed by atoms with van der Waals surface area (Å²) in [5, 5.41) is 6.27. The molecule has 0 aliphatic carbocycles. The number of anilines is 3. The summed E-state index contributed by atoms with van der Waals surface area (Å²) in [4.78, 5) is 8.88. The molecule has 0 aliphatic rings. The second kappa shape index (κ2) is 9.20. The number of nitrogens with one attached hydrogen (secondary N) is 2. The molecule has 9 heteroatoms. The van der Waals surface area contributed by atoms with Crippen molar-refractivity contribution in [3.05, 3.63) is 59.9 Å². The van der Waals surface area contributed by atoms with Crippen molar-refractivity contribution in [1.29, 1.82) is 0 Å². The van der Waals surface area contributed by atoms with Crippen LogP contribution in [-0.2, 0) is 0 Å². The van der Waals surface area contributed by atoms with Gasteiger partial charge in [0.25, 0.3) is 0 Å². The van der Waals surface area contributed by atoms with Crippen molar-refractivity contribution in [2.75, 3.05) is 10.6 Å². The summed E-state index contributed by atoms with van der Waals surface area (Å²) < 4.78 is 55.4. The van der Waals surface area contributed by atoms with Crippen LogP contribution < -0.4 is 15.4 Å². The molecule has 2 aromatic carbocycles. The van der Waals surface area contributed by atoms with Gasteiger partial charge in [-0.25, -0.2) is 9.37 Å². The molecule has 3 aromatic rings. The molecule has 1 atom stereocenters. The van der Waals surface area contributed by atoms with Gasteiger partial charge in [-0.3, -0.25) is 0 Å². The van der Waals surface area contributed by atoms with E-state index in [1.807, 2.05) is 13.8 Å². The Morgan fingerprint density at radius 3 is 2.52 bits per heavy atom. The maximum Gasteiger partial charge on any atom is 0.573 e. The molecule has 2 N–H and O–H groups in total. The zero-order valence-corrected chi connectivity index (χ0v) is 17.2. The van der Waals surface area contributed by atoms with E-state index in [0.29, 0.717) is 34.3 Å². The number of hydrogen-bond donors (Lipinski definition) is 2. The van der Waals surface area contributed by atoms with Gasteiger partial charge >= 0.3 is 6.36 Å². The van der Waals surface area contributed by atoms with Crippen LogP contribution in [-0.4, -0.2) is 22.4 Å². The highest BCUT2D eigenvalue weighted by molar-refractivity contribution is 5.68. The van der Waals surface area contributed by atoms with Gasteiger partial charge in [0, 0.05) is 23.4 Å². The number of rotatable bonds is 7. The minimum Gasteiger partial charge on any atom is -0.406 e. The van der Waals surface area contributed by atoms with Crippen LogP contribution in [0.1, 0.15) is 25.8 Å². The van der Waals surface area contributed by atoms with Crippen molar-refractivity contribution in [1.82, 2.24) is 9.97 Å². The summed E-state index contributed by atoms with van der Waals surface area (Å²) in [6, 6.07) is 11.8. The Morgan fingerprint density at radius 1 is 1.06 bits per heavy atom. The molecule has 1 aromatic heterocycles. The number of ether oxygens (including phenoxy) is 1. The molecule has 0 radical (unpaired) electrons. The Labute approximate surface area is 177 Å². The lowest BCUT2D eigenvalue weighted by atomic mass is 10.1. The molecule has 5 nitrogen and oxygen atoms in total. The molecule has 0 spiro atoms. The molecule has 0 fully saturated rings. The summed E-state index contributed by atoms with van der Waals surface area (Å²) in [7, 11) is 0. The van der Waals surface area contributed by atoms with Gasteiger partial charge in [-0.2, -0.15) is 4.98 Å². The molecule has 0 saturated heterocycles. The number of nitrogens with zero attached hydrogens (tertiary/aromatic N) is 2. The summed E-state index contributed by atoms with van der Waals surface area (Å²) >= 11 is 0. The zero-order valence-electron chi connectivity index (χ0n) is 17.2. The largest absolute Gasteiger partial charge is 0.573 e. The molecule has 31 heavy (non-hydrogen) atoms. The van der Waals surface area contributed by atoms with E-state index in [-0.39, 0.29) is 17.6 Å². The normalized spacial score (nSPS) is 12.4. The average molecular weight is 434 g/mol. The Morgan fingerprint density at radius 2 is 1.84 bits per heavy atom. The first-order valence-corrected chi connectivity index (χ1v) is 9.68. The molecule has 0 unspecified atom stereocenters. The predicted molar refractivity (Wildman–Crippen MR) is 112 cm³/mol. The van der Waals surface area contributed by atoms with Gasteiger partial charge < -0.3 is 15.4 Å². The Bertz CT molecular complexity index is 1060. The Kier molecular flexibility index (Phi) is 6.62. The topological polar surface area (TPSA) is 59.1 Å². The highest BCUT2D eigenvalue weighted by Gasteiger charge is 2.31. The van der Waals surface area contributed by atoms with Crippen LogP contribution in [0.3, 0.4) is 0 Å². The molecular formula is C22H22F4N4O. The molecule has 0 saturated carbocycles. The quantitative estimate of drug-likeness (QED) is 0.419. The maximum atomic E-state index is 13.6. The first-order chi connectivity index (χ1) is 14.6. The SMILES string of the molecule is CC[C@@H](C)Nc1nc(Nc2ccc(F)c(C)c2)cc(-c2cccc(OC(F)(F)F)c2)n1. The molecule has 0 bridgehead atoms. The van der Waals surface area contributed by atoms with Gasteiger partial charge in [0.15, 0.2) is 0 Å².